The van der Waals surface area contributed by atoms with E-state index < -0.39 is 0 Å². The molecule has 0 bridgehead atoms. The Morgan fingerprint density at radius 1 is 0.938 bits per heavy atom. The highest BCUT2D eigenvalue weighted by molar-refractivity contribution is 5.36. The summed E-state index contributed by atoms with van der Waals surface area (Å²) in [5.41, 5.74) is 5.69. The predicted octanol–water partition coefficient (Wildman–Crippen LogP) is 3.06. The van der Waals surface area contributed by atoms with Crippen LogP contribution in [0.4, 0.5) is 0 Å². The van der Waals surface area contributed by atoms with Crippen LogP contribution in [0, 0.1) is 6.92 Å². The van der Waals surface area contributed by atoms with Gasteiger partial charge in [-0.2, -0.15) is 5.48 Å². The van der Waals surface area contributed by atoms with Gasteiger partial charge in [0.15, 0.2) is 0 Å². The molecular weight excluding hydrogens is 198 g/mol. The summed E-state index contributed by atoms with van der Waals surface area (Å²) in [5.74, 6) is 0. The lowest BCUT2D eigenvalue weighted by molar-refractivity contribution is 0.141. The van der Waals surface area contributed by atoms with E-state index in [1.165, 1.54) is 0 Å². The Morgan fingerprint density at radius 3 is 2.19 bits per heavy atom. The van der Waals surface area contributed by atoms with Crippen molar-refractivity contribution >= 4 is 0 Å². The van der Waals surface area contributed by atoms with E-state index >= 15 is 0 Å². The monoisotopic (exact) mass is 213 g/mol. The summed E-state index contributed by atoms with van der Waals surface area (Å²) in [6.45, 7) is 2.04. The maximum Gasteiger partial charge on any atom is 0.0821 e. The molecule has 0 aliphatic rings. The van der Waals surface area contributed by atoms with Crippen LogP contribution < -0.4 is 5.48 Å². The maximum atomic E-state index is 9.31. The van der Waals surface area contributed by atoms with Gasteiger partial charge < -0.3 is 5.21 Å². The first-order valence-corrected chi connectivity index (χ1v) is 5.33. The van der Waals surface area contributed by atoms with Gasteiger partial charge in [-0.1, -0.05) is 54.6 Å². The number of rotatable bonds is 3. The molecule has 2 rings (SSSR count). The van der Waals surface area contributed by atoms with Gasteiger partial charge in [0.1, 0.15) is 0 Å². The minimum Gasteiger partial charge on any atom is -0.316 e. The van der Waals surface area contributed by atoms with E-state index in [-0.39, 0.29) is 6.04 Å². The second kappa shape index (κ2) is 4.92. The first kappa shape index (κ1) is 10.9. The molecule has 0 saturated heterocycles. The third-order valence-corrected chi connectivity index (χ3v) is 2.76. The number of hydrogen-bond acceptors (Lipinski definition) is 2. The van der Waals surface area contributed by atoms with Crippen molar-refractivity contribution in [3.8, 4) is 0 Å². The van der Waals surface area contributed by atoms with Crippen LogP contribution in [0.25, 0.3) is 0 Å². The van der Waals surface area contributed by atoms with Crippen LogP contribution in [-0.4, -0.2) is 5.21 Å². The molecule has 2 aromatic carbocycles. The van der Waals surface area contributed by atoms with Crippen LogP contribution in [0.2, 0.25) is 0 Å². The standard InChI is InChI=1S/C14H15NO/c1-11-7-5-6-10-13(11)14(15-16)12-8-3-2-4-9-12/h2-10,14-16H,1H3. The summed E-state index contributed by atoms with van der Waals surface area (Å²) in [5, 5.41) is 9.31. The molecule has 0 fully saturated rings. The topological polar surface area (TPSA) is 32.3 Å². The zero-order chi connectivity index (χ0) is 11.4. The molecule has 2 nitrogen and oxygen atoms in total. The molecule has 2 heteroatoms. The van der Waals surface area contributed by atoms with Crippen LogP contribution in [-0.2, 0) is 0 Å². The molecule has 82 valence electrons. The van der Waals surface area contributed by atoms with Crippen molar-refractivity contribution in [2.45, 2.75) is 13.0 Å². The Labute approximate surface area is 95.5 Å². The van der Waals surface area contributed by atoms with Crippen LogP contribution >= 0.6 is 0 Å². The molecule has 0 aliphatic heterocycles. The van der Waals surface area contributed by atoms with E-state index in [9.17, 15) is 5.21 Å². The minimum absolute atomic E-state index is 0.164. The van der Waals surface area contributed by atoms with Gasteiger partial charge in [-0.25, -0.2) is 0 Å². The second-order valence-electron chi connectivity index (χ2n) is 3.83. The van der Waals surface area contributed by atoms with Crippen molar-refractivity contribution in [3.63, 3.8) is 0 Å². The lowest BCUT2D eigenvalue weighted by Gasteiger charge is -2.17. The summed E-state index contributed by atoms with van der Waals surface area (Å²) in [7, 11) is 0. The fourth-order valence-corrected chi connectivity index (χ4v) is 1.88. The van der Waals surface area contributed by atoms with Crippen LogP contribution in [0.15, 0.2) is 54.6 Å². The molecule has 16 heavy (non-hydrogen) atoms. The Kier molecular flexibility index (Phi) is 3.34. The minimum atomic E-state index is -0.164. The molecule has 0 radical (unpaired) electrons. The van der Waals surface area contributed by atoms with Gasteiger partial charge in [0.25, 0.3) is 0 Å². The average molecular weight is 213 g/mol. The maximum absolute atomic E-state index is 9.31. The highest BCUT2D eigenvalue weighted by Gasteiger charge is 2.13. The molecule has 1 atom stereocenters. The Hall–Kier alpha value is -1.64. The quantitative estimate of drug-likeness (QED) is 0.768. The zero-order valence-corrected chi connectivity index (χ0v) is 9.22. The number of hydroxylamine groups is 1. The molecular formula is C14H15NO. The van der Waals surface area contributed by atoms with Gasteiger partial charge in [0, 0.05) is 0 Å². The van der Waals surface area contributed by atoms with Gasteiger partial charge >= 0.3 is 0 Å². The van der Waals surface area contributed by atoms with Crippen molar-refractivity contribution in [1.82, 2.24) is 5.48 Å². The first-order valence-electron chi connectivity index (χ1n) is 5.33. The lowest BCUT2D eigenvalue weighted by atomic mass is 9.96. The van der Waals surface area contributed by atoms with Crippen molar-refractivity contribution < 1.29 is 5.21 Å². The molecule has 0 amide bonds. The Balaban J connectivity index is 2.41. The van der Waals surface area contributed by atoms with Crippen LogP contribution in [0.1, 0.15) is 22.7 Å². The van der Waals surface area contributed by atoms with Crippen LogP contribution in [0.3, 0.4) is 0 Å². The SMILES string of the molecule is Cc1ccccc1C(NO)c1ccccc1. The highest BCUT2D eigenvalue weighted by atomic mass is 16.5. The summed E-state index contributed by atoms with van der Waals surface area (Å²) >= 11 is 0. The average Bonchev–Trinajstić information content (AvgIpc) is 2.34. The van der Waals surface area contributed by atoms with E-state index in [1.807, 2.05) is 61.5 Å². The molecule has 0 aliphatic carbocycles. The Morgan fingerprint density at radius 2 is 1.56 bits per heavy atom. The summed E-state index contributed by atoms with van der Waals surface area (Å²) in [6.07, 6.45) is 0. The van der Waals surface area contributed by atoms with Crippen LogP contribution in [0.5, 0.6) is 0 Å². The second-order valence-corrected chi connectivity index (χ2v) is 3.83. The van der Waals surface area contributed by atoms with E-state index in [2.05, 4.69) is 5.48 Å². The molecule has 0 heterocycles. The van der Waals surface area contributed by atoms with Crippen molar-refractivity contribution in [2.24, 2.45) is 0 Å². The smallest absolute Gasteiger partial charge is 0.0821 e. The van der Waals surface area contributed by atoms with Gasteiger partial charge in [-0.15, -0.1) is 0 Å². The van der Waals surface area contributed by atoms with Gasteiger partial charge in [-0.3, -0.25) is 0 Å². The molecule has 1 unspecified atom stereocenters. The summed E-state index contributed by atoms with van der Waals surface area (Å²) in [4.78, 5) is 0. The van der Waals surface area contributed by atoms with E-state index in [0.717, 1.165) is 16.7 Å². The number of benzene rings is 2. The molecule has 0 aromatic heterocycles. The molecule has 0 spiro atoms. The van der Waals surface area contributed by atoms with Crippen molar-refractivity contribution in [2.75, 3.05) is 0 Å². The largest absolute Gasteiger partial charge is 0.316 e. The van der Waals surface area contributed by atoms with Crippen molar-refractivity contribution in [1.29, 1.82) is 0 Å². The van der Waals surface area contributed by atoms with Gasteiger partial charge in [0.05, 0.1) is 6.04 Å². The van der Waals surface area contributed by atoms with Gasteiger partial charge in [0.2, 0.25) is 0 Å². The first-order chi connectivity index (χ1) is 7.83. The van der Waals surface area contributed by atoms with Crippen molar-refractivity contribution in [3.05, 3.63) is 71.3 Å². The Bertz CT molecular complexity index is 453. The van der Waals surface area contributed by atoms with E-state index in [4.69, 9.17) is 0 Å². The highest BCUT2D eigenvalue weighted by Crippen LogP contribution is 2.23. The number of hydrogen-bond donors (Lipinski definition) is 2. The van der Waals surface area contributed by atoms with E-state index in [0.29, 0.717) is 0 Å². The predicted molar refractivity (Wildman–Crippen MR) is 64.4 cm³/mol. The lowest BCUT2D eigenvalue weighted by Crippen LogP contribution is -2.19. The number of nitrogens with one attached hydrogen (secondary N) is 1. The third kappa shape index (κ3) is 2.13. The fourth-order valence-electron chi connectivity index (χ4n) is 1.88. The van der Waals surface area contributed by atoms with E-state index in [1.54, 1.807) is 0 Å². The molecule has 0 saturated carbocycles. The summed E-state index contributed by atoms with van der Waals surface area (Å²) in [6, 6.07) is 17.8. The third-order valence-electron chi connectivity index (χ3n) is 2.76. The summed E-state index contributed by atoms with van der Waals surface area (Å²) < 4.78 is 0. The molecule has 2 aromatic rings. The zero-order valence-electron chi connectivity index (χ0n) is 9.22. The number of aryl methyl sites for hydroxylation is 1. The molecule has 2 N–H and O–H groups in total. The fraction of sp³-hybridized carbons (Fsp3) is 0.143. The normalized spacial score (nSPS) is 12.4. The van der Waals surface area contributed by atoms with Gasteiger partial charge in [-0.05, 0) is 23.6 Å².